The van der Waals surface area contributed by atoms with E-state index in [0.717, 1.165) is 24.5 Å². The summed E-state index contributed by atoms with van der Waals surface area (Å²) in [7, 11) is 0. The summed E-state index contributed by atoms with van der Waals surface area (Å²) in [6, 6.07) is 7.58. The van der Waals surface area contributed by atoms with Crippen LogP contribution < -0.4 is 15.0 Å². The summed E-state index contributed by atoms with van der Waals surface area (Å²) in [5.41, 5.74) is 0.838. The largest absolute Gasteiger partial charge is 0.494 e. The average Bonchev–Trinajstić information content (AvgIpc) is 2.78. The molecular weight excluding hydrogens is 264 g/mol. The topological polar surface area (TPSA) is 42.8 Å². The Balaban J connectivity index is 1.90. The number of rotatable bonds is 5. The Kier molecular flexibility index (Phi) is 6.05. The zero-order valence-corrected chi connectivity index (χ0v) is 13.2. The van der Waals surface area contributed by atoms with Crippen LogP contribution in [0.15, 0.2) is 24.3 Å². The van der Waals surface area contributed by atoms with Gasteiger partial charge in [0.25, 0.3) is 5.91 Å². The Morgan fingerprint density at radius 1 is 1.19 bits per heavy atom. The van der Waals surface area contributed by atoms with E-state index in [1.54, 1.807) is 0 Å². The fourth-order valence-electron chi connectivity index (χ4n) is 2.85. The Bertz CT molecular complexity index is 437. The highest BCUT2D eigenvalue weighted by Crippen LogP contribution is 2.15. The highest BCUT2D eigenvalue weighted by molar-refractivity contribution is 5.93. The first-order chi connectivity index (χ1) is 10.2. The van der Waals surface area contributed by atoms with E-state index in [1.807, 2.05) is 38.1 Å². The van der Waals surface area contributed by atoms with E-state index in [2.05, 4.69) is 5.32 Å². The quantitative estimate of drug-likeness (QED) is 0.870. The van der Waals surface area contributed by atoms with E-state index in [1.165, 1.54) is 30.6 Å². The number of quaternary nitrogens is 1. The lowest BCUT2D eigenvalue weighted by molar-refractivity contribution is -0.913. The van der Waals surface area contributed by atoms with Gasteiger partial charge in [-0.15, -0.1) is 0 Å². The number of hydrogen-bond donors (Lipinski definition) is 2. The molecule has 116 valence electrons. The van der Waals surface area contributed by atoms with Crippen molar-refractivity contribution in [2.75, 3.05) is 25.0 Å². The molecule has 0 spiro atoms. The first-order valence-electron chi connectivity index (χ1n) is 8.09. The second-order valence-corrected chi connectivity index (χ2v) is 5.74. The van der Waals surface area contributed by atoms with Gasteiger partial charge in [-0.25, -0.2) is 0 Å². The molecule has 1 heterocycles. The molecule has 1 atom stereocenters. The highest BCUT2D eigenvalue weighted by Gasteiger charge is 2.25. The second-order valence-electron chi connectivity index (χ2n) is 5.74. The summed E-state index contributed by atoms with van der Waals surface area (Å²) in [6.45, 7) is 6.86. The predicted octanol–water partition coefficient (Wildman–Crippen LogP) is 1.87. The molecule has 4 nitrogen and oxygen atoms in total. The third-order valence-electron chi connectivity index (χ3n) is 4.18. The van der Waals surface area contributed by atoms with Crippen molar-refractivity contribution in [3.8, 4) is 5.75 Å². The van der Waals surface area contributed by atoms with Crippen LogP contribution in [0.3, 0.4) is 0 Å². The molecule has 2 rings (SSSR count). The lowest BCUT2D eigenvalue weighted by atomic mass is 10.2. The fourth-order valence-corrected chi connectivity index (χ4v) is 2.85. The average molecular weight is 291 g/mol. The van der Waals surface area contributed by atoms with Crippen LogP contribution in [-0.4, -0.2) is 31.6 Å². The van der Waals surface area contributed by atoms with Gasteiger partial charge < -0.3 is 15.0 Å². The van der Waals surface area contributed by atoms with Crippen molar-refractivity contribution in [1.29, 1.82) is 0 Å². The van der Waals surface area contributed by atoms with Crippen LogP contribution in [0.1, 0.15) is 39.5 Å². The minimum Gasteiger partial charge on any atom is -0.494 e. The van der Waals surface area contributed by atoms with Gasteiger partial charge in [0.15, 0.2) is 6.04 Å². The smallest absolute Gasteiger partial charge is 0.282 e. The van der Waals surface area contributed by atoms with Crippen LogP contribution in [0.5, 0.6) is 5.75 Å². The number of amides is 1. The SMILES string of the molecule is CCOc1ccc(NC(=O)[C@H](C)[NH+]2CCCCCC2)cc1. The predicted molar refractivity (Wildman–Crippen MR) is 84.9 cm³/mol. The summed E-state index contributed by atoms with van der Waals surface area (Å²) < 4.78 is 5.41. The molecule has 0 unspecified atom stereocenters. The number of benzene rings is 1. The first-order valence-corrected chi connectivity index (χ1v) is 8.09. The lowest BCUT2D eigenvalue weighted by Gasteiger charge is -2.23. The van der Waals surface area contributed by atoms with Gasteiger partial charge in [-0.3, -0.25) is 4.79 Å². The first kappa shape index (κ1) is 15.8. The van der Waals surface area contributed by atoms with Crippen molar-refractivity contribution >= 4 is 11.6 Å². The molecular formula is C17H27N2O2+. The minimum atomic E-state index is 0.00895. The maximum atomic E-state index is 12.4. The normalized spacial score (nSPS) is 17.8. The fraction of sp³-hybridized carbons (Fsp3) is 0.588. The van der Waals surface area contributed by atoms with Crippen LogP contribution in [0.25, 0.3) is 0 Å². The zero-order valence-electron chi connectivity index (χ0n) is 13.2. The van der Waals surface area contributed by atoms with E-state index in [0.29, 0.717) is 6.61 Å². The summed E-state index contributed by atoms with van der Waals surface area (Å²) in [6.07, 6.45) is 5.07. The molecule has 1 aliphatic rings. The number of carbonyl (C=O) groups is 1. The van der Waals surface area contributed by atoms with Crippen molar-refractivity contribution in [3.63, 3.8) is 0 Å². The zero-order chi connectivity index (χ0) is 15.1. The molecule has 2 N–H and O–H groups in total. The molecule has 1 saturated heterocycles. The van der Waals surface area contributed by atoms with Crippen molar-refractivity contribution in [1.82, 2.24) is 0 Å². The molecule has 1 aromatic carbocycles. The standard InChI is InChI=1S/C17H26N2O2/c1-3-21-16-10-8-15(9-11-16)18-17(20)14(2)19-12-6-4-5-7-13-19/h8-11,14H,3-7,12-13H2,1-2H3,(H,18,20)/p+1/t14-/m0/s1. The molecule has 0 aliphatic carbocycles. The van der Waals surface area contributed by atoms with Gasteiger partial charge in [-0.1, -0.05) is 0 Å². The molecule has 21 heavy (non-hydrogen) atoms. The number of anilines is 1. The van der Waals surface area contributed by atoms with Gasteiger partial charge >= 0.3 is 0 Å². The highest BCUT2D eigenvalue weighted by atomic mass is 16.5. The molecule has 0 radical (unpaired) electrons. The number of ether oxygens (including phenoxy) is 1. The number of nitrogens with one attached hydrogen (secondary N) is 2. The second kappa shape index (κ2) is 8.03. The Hall–Kier alpha value is -1.55. The third-order valence-corrected chi connectivity index (χ3v) is 4.18. The van der Waals surface area contributed by atoms with Gasteiger partial charge in [0, 0.05) is 5.69 Å². The molecule has 4 heteroatoms. The summed E-state index contributed by atoms with van der Waals surface area (Å²) >= 11 is 0. The molecule has 0 saturated carbocycles. The maximum absolute atomic E-state index is 12.4. The Morgan fingerprint density at radius 2 is 1.81 bits per heavy atom. The molecule has 0 bridgehead atoms. The lowest BCUT2D eigenvalue weighted by Crippen LogP contribution is -3.16. The summed E-state index contributed by atoms with van der Waals surface area (Å²) in [5.74, 6) is 0.942. The van der Waals surface area contributed by atoms with Gasteiger partial charge in [0.05, 0.1) is 19.7 Å². The molecule has 1 aromatic rings. The van der Waals surface area contributed by atoms with Crippen molar-refractivity contribution < 1.29 is 14.4 Å². The summed E-state index contributed by atoms with van der Waals surface area (Å²) in [5, 5.41) is 3.01. The summed E-state index contributed by atoms with van der Waals surface area (Å²) in [4.78, 5) is 13.8. The Morgan fingerprint density at radius 3 is 2.38 bits per heavy atom. The van der Waals surface area contributed by atoms with Gasteiger partial charge in [0.2, 0.25) is 0 Å². The minimum absolute atomic E-state index is 0.00895. The van der Waals surface area contributed by atoms with Crippen molar-refractivity contribution in [2.24, 2.45) is 0 Å². The monoisotopic (exact) mass is 291 g/mol. The van der Waals surface area contributed by atoms with Crippen LogP contribution in [0.2, 0.25) is 0 Å². The number of hydrogen-bond acceptors (Lipinski definition) is 2. The molecule has 1 fully saturated rings. The van der Waals surface area contributed by atoms with Gasteiger partial charge in [-0.2, -0.15) is 0 Å². The van der Waals surface area contributed by atoms with Crippen molar-refractivity contribution in [2.45, 2.75) is 45.6 Å². The van der Waals surface area contributed by atoms with Crippen molar-refractivity contribution in [3.05, 3.63) is 24.3 Å². The Labute approximate surface area is 127 Å². The number of likely N-dealkylation sites (tertiary alicyclic amines) is 1. The van der Waals surface area contributed by atoms with E-state index in [9.17, 15) is 4.79 Å². The van der Waals surface area contributed by atoms with Gasteiger partial charge in [-0.05, 0) is 63.8 Å². The van der Waals surface area contributed by atoms with E-state index in [-0.39, 0.29) is 11.9 Å². The van der Waals surface area contributed by atoms with E-state index >= 15 is 0 Å². The molecule has 1 aliphatic heterocycles. The van der Waals surface area contributed by atoms with Crippen LogP contribution in [-0.2, 0) is 4.79 Å². The number of carbonyl (C=O) groups excluding carboxylic acids is 1. The molecule has 1 amide bonds. The van der Waals surface area contributed by atoms with E-state index < -0.39 is 0 Å². The maximum Gasteiger partial charge on any atom is 0.282 e. The van der Waals surface area contributed by atoms with Gasteiger partial charge in [0.1, 0.15) is 5.75 Å². The van der Waals surface area contributed by atoms with Crippen LogP contribution in [0, 0.1) is 0 Å². The van der Waals surface area contributed by atoms with E-state index in [4.69, 9.17) is 4.74 Å². The molecule has 0 aromatic heterocycles. The van der Waals surface area contributed by atoms with Crippen LogP contribution in [0.4, 0.5) is 5.69 Å². The third kappa shape index (κ3) is 4.74. The van der Waals surface area contributed by atoms with Crippen LogP contribution >= 0.6 is 0 Å².